The Morgan fingerprint density at radius 3 is 2.58 bits per heavy atom. The summed E-state index contributed by atoms with van der Waals surface area (Å²) in [7, 11) is 0. The second kappa shape index (κ2) is 4.84. The van der Waals surface area contributed by atoms with Gasteiger partial charge in [-0.1, -0.05) is 12.1 Å². The molecule has 0 aliphatic carbocycles. The fraction of sp³-hybridized carbons (Fsp3) is 0.286. The summed E-state index contributed by atoms with van der Waals surface area (Å²) in [5, 5.41) is 6.79. The van der Waals surface area contributed by atoms with E-state index in [1.807, 2.05) is 20.8 Å². The lowest BCUT2D eigenvalue weighted by Gasteiger charge is -2.18. The van der Waals surface area contributed by atoms with Crippen molar-refractivity contribution < 1.29 is 9.18 Å². The minimum Gasteiger partial charge on any atom is -0.319 e. The Morgan fingerprint density at radius 1 is 1.32 bits per heavy atom. The Balaban J connectivity index is 2.16. The van der Waals surface area contributed by atoms with Gasteiger partial charge in [-0.2, -0.15) is 5.10 Å². The molecule has 0 bridgehead atoms. The van der Waals surface area contributed by atoms with Gasteiger partial charge in [-0.3, -0.25) is 9.48 Å². The number of aromatic nitrogens is 2. The topological polar surface area (TPSA) is 46.9 Å². The van der Waals surface area contributed by atoms with Gasteiger partial charge < -0.3 is 5.32 Å². The highest BCUT2D eigenvalue weighted by Crippen LogP contribution is 2.17. The van der Waals surface area contributed by atoms with Crippen LogP contribution >= 0.6 is 0 Å². The maximum absolute atomic E-state index is 13.5. The SMILES string of the molecule is CC(C)(C)n1cc(NC(=O)c2ccccc2F)cn1. The predicted octanol–water partition coefficient (Wildman–Crippen LogP) is 3.03. The molecule has 0 fully saturated rings. The zero-order valence-corrected chi connectivity index (χ0v) is 11.1. The number of carbonyl (C=O) groups excluding carboxylic acids is 1. The van der Waals surface area contributed by atoms with Crippen LogP contribution in [0.5, 0.6) is 0 Å². The lowest BCUT2D eigenvalue weighted by molar-refractivity contribution is 0.102. The van der Waals surface area contributed by atoms with Crippen molar-refractivity contribution in [1.82, 2.24) is 9.78 Å². The highest BCUT2D eigenvalue weighted by Gasteiger charge is 2.16. The van der Waals surface area contributed by atoms with E-state index in [-0.39, 0.29) is 11.1 Å². The van der Waals surface area contributed by atoms with E-state index < -0.39 is 11.7 Å². The zero-order chi connectivity index (χ0) is 14.0. The fourth-order valence-electron chi connectivity index (χ4n) is 1.60. The van der Waals surface area contributed by atoms with Gasteiger partial charge in [0.25, 0.3) is 5.91 Å². The quantitative estimate of drug-likeness (QED) is 0.903. The van der Waals surface area contributed by atoms with Crippen molar-refractivity contribution in [2.24, 2.45) is 0 Å². The second-order valence-electron chi connectivity index (χ2n) is 5.28. The number of benzene rings is 1. The molecule has 0 aliphatic rings. The lowest BCUT2D eigenvalue weighted by Crippen LogP contribution is -2.22. The molecule has 1 N–H and O–H groups in total. The minimum atomic E-state index is -0.539. The molecule has 4 nitrogen and oxygen atoms in total. The minimum absolute atomic E-state index is 0.0195. The summed E-state index contributed by atoms with van der Waals surface area (Å²) < 4.78 is 15.2. The van der Waals surface area contributed by atoms with E-state index in [4.69, 9.17) is 0 Å². The summed E-state index contributed by atoms with van der Waals surface area (Å²) in [5.74, 6) is -1.02. The van der Waals surface area contributed by atoms with Gasteiger partial charge in [-0.15, -0.1) is 0 Å². The molecule has 0 spiro atoms. The number of halogens is 1. The molecule has 1 amide bonds. The van der Waals surface area contributed by atoms with Crippen LogP contribution in [-0.4, -0.2) is 15.7 Å². The van der Waals surface area contributed by atoms with Gasteiger partial charge in [0, 0.05) is 6.20 Å². The Labute approximate surface area is 111 Å². The third kappa shape index (κ3) is 2.99. The van der Waals surface area contributed by atoms with Crippen LogP contribution in [0.3, 0.4) is 0 Å². The summed E-state index contributed by atoms with van der Waals surface area (Å²) in [5.41, 5.74) is 0.398. The predicted molar refractivity (Wildman–Crippen MR) is 71.6 cm³/mol. The molecule has 0 aliphatic heterocycles. The van der Waals surface area contributed by atoms with Crippen molar-refractivity contribution in [3.05, 3.63) is 48.0 Å². The van der Waals surface area contributed by atoms with E-state index in [0.29, 0.717) is 5.69 Å². The van der Waals surface area contributed by atoms with E-state index in [1.165, 1.54) is 12.1 Å². The summed E-state index contributed by atoms with van der Waals surface area (Å²) in [6.45, 7) is 6.01. The maximum atomic E-state index is 13.5. The number of anilines is 1. The van der Waals surface area contributed by atoms with E-state index >= 15 is 0 Å². The van der Waals surface area contributed by atoms with E-state index in [9.17, 15) is 9.18 Å². The molecule has 0 saturated carbocycles. The Morgan fingerprint density at radius 2 is 2.00 bits per heavy atom. The molecule has 2 aromatic rings. The number of nitrogens with zero attached hydrogens (tertiary/aromatic N) is 2. The van der Waals surface area contributed by atoms with E-state index in [0.717, 1.165) is 0 Å². The summed E-state index contributed by atoms with van der Waals surface area (Å²) in [6.07, 6.45) is 3.27. The normalized spacial score (nSPS) is 11.4. The van der Waals surface area contributed by atoms with Crippen LogP contribution < -0.4 is 5.32 Å². The summed E-state index contributed by atoms with van der Waals surface area (Å²) in [4.78, 5) is 11.9. The van der Waals surface area contributed by atoms with E-state index in [2.05, 4.69) is 10.4 Å². The molecular weight excluding hydrogens is 245 g/mol. The lowest BCUT2D eigenvalue weighted by atomic mass is 10.1. The molecule has 19 heavy (non-hydrogen) atoms. The van der Waals surface area contributed by atoms with Crippen LogP contribution in [0.1, 0.15) is 31.1 Å². The molecule has 1 aromatic carbocycles. The van der Waals surface area contributed by atoms with Gasteiger partial charge in [0.15, 0.2) is 0 Å². The number of nitrogens with one attached hydrogen (secondary N) is 1. The number of amides is 1. The maximum Gasteiger partial charge on any atom is 0.258 e. The number of hydrogen-bond donors (Lipinski definition) is 1. The highest BCUT2D eigenvalue weighted by molar-refractivity contribution is 6.04. The van der Waals surface area contributed by atoms with Crippen LogP contribution in [-0.2, 0) is 5.54 Å². The first-order valence-corrected chi connectivity index (χ1v) is 5.99. The number of hydrogen-bond acceptors (Lipinski definition) is 2. The Kier molecular flexibility index (Phi) is 3.38. The van der Waals surface area contributed by atoms with Crippen LogP contribution in [0, 0.1) is 5.82 Å². The molecule has 5 heteroatoms. The van der Waals surface area contributed by atoms with Gasteiger partial charge in [-0.05, 0) is 32.9 Å². The Bertz CT molecular complexity index is 599. The molecule has 1 aromatic heterocycles. The van der Waals surface area contributed by atoms with Crippen molar-refractivity contribution in [2.45, 2.75) is 26.3 Å². The average Bonchev–Trinajstić information content (AvgIpc) is 2.77. The Hall–Kier alpha value is -2.17. The smallest absolute Gasteiger partial charge is 0.258 e. The van der Waals surface area contributed by atoms with Crippen molar-refractivity contribution in [3.63, 3.8) is 0 Å². The van der Waals surface area contributed by atoms with Crippen molar-refractivity contribution in [3.8, 4) is 0 Å². The first-order valence-electron chi connectivity index (χ1n) is 5.99. The highest BCUT2D eigenvalue weighted by atomic mass is 19.1. The summed E-state index contributed by atoms with van der Waals surface area (Å²) in [6, 6.07) is 5.87. The van der Waals surface area contributed by atoms with E-state index in [1.54, 1.807) is 29.2 Å². The zero-order valence-electron chi connectivity index (χ0n) is 11.1. The van der Waals surface area contributed by atoms with Crippen LogP contribution in [0.4, 0.5) is 10.1 Å². The summed E-state index contributed by atoms with van der Waals surface area (Å²) >= 11 is 0. The van der Waals surface area contributed by atoms with Crippen LogP contribution in [0.15, 0.2) is 36.7 Å². The van der Waals surface area contributed by atoms with Crippen molar-refractivity contribution in [1.29, 1.82) is 0 Å². The first kappa shape index (κ1) is 13.3. The molecule has 1 heterocycles. The number of rotatable bonds is 2. The second-order valence-corrected chi connectivity index (χ2v) is 5.28. The number of carbonyl (C=O) groups is 1. The van der Waals surface area contributed by atoms with Crippen LogP contribution in [0.2, 0.25) is 0 Å². The van der Waals surface area contributed by atoms with Gasteiger partial charge in [-0.25, -0.2) is 4.39 Å². The molecular formula is C14H16FN3O. The van der Waals surface area contributed by atoms with Gasteiger partial charge in [0.2, 0.25) is 0 Å². The average molecular weight is 261 g/mol. The molecule has 2 rings (SSSR count). The first-order chi connectivity index (χ1) is 8.88. The van der Waals surface area contributed by atoms with Crippen molar-refractivity contribution in [2.75, 3.05) is 5.32 Å². The largest absolute Gasteiger partial charge is 0.319 e. The molecule has 0 unspecified atom stereocenters. The molecule has 0 saturated heterocycles. The van der Waals surface area contributed by atoms with Crippen molar-refractivity contribution >= 4 is 11.6 Å². The standard InChI is InChI=1S/C14H16FN3O/c1-14(2,3)18-9-10(8-16-18)17-13(19)11-6-4-5-7-12(11)15/h4-9H,1-3H3,(H,17,19). The third-order valence-corrected chi connectivity index (χ3v) is 2.65. The third-order valence-electron chi connectivity index (χ3n) is 2.65. The van der Waals surface area contributed by atoms with Gasteiger partial charge in [0.1, 0.15) is 5.82 Å². The molecule has 0 radical (unpaired) electrons. The van der Waals surface area contributed by atoms with Gasteiger partial charge >= 0.3 is 0 Å². The molecule has 100 valence electrons. The fourth-order valence-corrected chi connectivity index (χ4v) is 1.60. The van der Waals surface area contributed by atoms with Gasteiger partial charge in [0.05, 0.1) is 23.0 Å². The molecule has 0 atom stereocenters. The van der Waals surface area contributed by atoms with Crippen LogP contribution in [0.25, 0.3) is 0 Å². The monoisotopic (exact) mass is 261 g/mol.